The lowest BCUT2D eigenvalue weighted by Gasteiger charge is -2.12. The van der Waals surface area contributed by atoms with E-state index in [1.165, 1.54) is 50.7 Å². The van der Waals surface area contributed by atoms with Crippen LogP contribution in [-0.2, 0) is 0 Å². The quantitative estimate of drug-likeness (QED) is 0.362. The van der Waals surface area contributed by atoms with Crippen LogP contribution in [0.1, 0.15) is 68.6 Å². The minimum Gasteiger partial charge on any atom is -0.490 e. The molecule has 0 aliphatic carbocycles. The molecule has 24 heavy (non-hydrogen) atoms. The SMILES string of the molecule is C=CCOc1cc(C(=O)O)ccc1OCCCCCCCCCC. The zero-order valence-corrected chi connectivity index (χ0v) is 14.8. The first-order chi connectivity index (χ1) is 11.7. The Labute approximate surface area is 145 Å². The summed E-state index contributed by atoms with van der Waals surface area (Å²) in [4.78, 5) is 11.0. The number of benzene rings is 1. The average molecular weight is 334 g/mol. The van der Waals surface area contributed by atoms with E-state index in [0.29, 0.717) is 24.7 Å². The maximum Gasteiger partial charge on any atom is 0.335 e. The van der Waals surface area contributed by atoms with Crippen LogP contribution in [0, 0.1) is 0 Å². The Morgan fingerprint density at radius 2 is 1.71 bits per heavy atom. The van der Waals surface area contributed by atoms with Crippen LogP contribution in [0.3, 0.4) is 0 Å². The third-order valence-corrected chi connectivity index (χ3v) is 3.80. The molecule has 4 heteroatoms. The zero-order chi connectivity index (χ0) is 17.6. The minimum absolute atomic E-state index is 0.188. The van der Waals surface area contributed by atoms with Crippen molar-refractivity contribution in [3.05, 3.63) is 36.4 Å². The van der Waals surface area contributed by atoms with Crippen molar-refractivity contribution in [3.8, 4) is 11.5 Å². The highest BCUT2D eigenvalue weighted by atomic mass is 16.5. The van der Waals surface area contributed by atoms with Crippen molar-refractivity contribution >= 4 is 5.97 Å². The molecule has 0 spiro atoms. The summed E-state index contributed by atoms with van der Waals surface area (Å²) in [6.45, 7) is 6.77. The number of ether oxygens (including phenoxy) is 2. The Morgan fingerprint density at radius 1 is 1.04 bits per heavy atom. The average Bonchev–Trinajstić information content (AvgIpc) is 2.58. The largest absolute Gasteiger partial charge is 0.490 e. The summed E-state index contributed by atoms with van der Waals surface area (Å²) < 4.78 is 11.3. The van der Waals surface area contributed by atoms with Crippen molar-refractivity contribution in [2.75, 3.05) is 13.2 Å². The molecule has 1 rings (SSSR count). The molecule has 0 amide bonds. The Hall–Kier alpha value is -1.97. The second kappa shape index (κ2) is 12.5. The molecule has 1 N–H and O–H groups in total. The normalized spacial score (nSPS) is 10.4. The highest BCUT2D eigenvalue weighted by molar-refractivity contribution is 5.88. The molecule has 0 aliphatic heterocycles. The third kappa shape index (κ3) is 8.04. The van der Waals surface area contributed by atoms with Gasteiger partial charge in [0, 0.05) is 0 Å². The predicted molar refractivity (Wildman–Crippen MR) is 97.2 cm³/mol. The molecule has 1 aromatic carbocycles. The Kier molecular flexibility index (Phi) is 10.4. The number of carboxylic acid groups (broad SMARTS) is 1. The minimum atomic E-state index is -0.979. The van der Waals surface area contributed by atoms with Gasteiger partial charge < -0.3 is 14.6 Å². The second-order valence-electron chi connectivity index (χ2n) is 5.89. The van der Waals surface area contributed by atoms with Crippen molar-refractivity contribution in [2.24, 2.45) is 0 Å². The number of rotatable bonds is 14. The first-order valence-corrected chi connectivity index (χ1v) is 8.92. The van der Waals surface area contributed by atoms with Crippen LogP contribution in [-0.4, -0.2) is 24.3 Å². The summed E-state index contributed by atoms with van der Waals surface area (Å²) in [5, 5.41) is 9.06. The van der Waals surface area contributed by atoms with Gasteiger partial charge in [0.2, 0.25) is 0 Å². The standard InChI is InChI=1S/C20H30O4/c1-3-5-6-7-8-9-10-11-15-24-18-13-12-17(20(21)22)16-19(18)23-14-4-2/h4,12-13,16H,2-3,5-11,14-15H2,1H3,(H,21,22). The van der Waals surface area contributed by atoms with Crippen LogP contribution in [0.4, 0.5) is 0 Å². The fourth-order valence-electron chi connectivity index (χ4n) is 2.44. The molecule has 0 saturated heterocycles. The fourth-order valence-corrected chi connectivity index (χ4v) is 2.44. The van der Waals surface area contributed by atoms with E-state index >= 15 is 0 Å². The van der Waals surface area contributed by atoms with Gasteiger partial charge >= 0.3 is 5.97 Å². The van der Waals surface area contributed by atoms with E-state index < -0.39 is 5.97 Å². The van der Waals surface area contributed by atoms with E-state index in [9.17, 15) is 4.79 Å². The molecule has 0 aliphatic rings. The van der Waals surface area contributed by atoms with Crippen LogP contribution in [0.2, 0.25) is 0 Å². The van der Waals surface area contributed by atoms with E-state index in [2.05, 4.69) is 13.5 Å². The van der Waals surface area contributed by atoms with Gasteiger partial charge in [-0.05, 0) is 24.6 Å². The highest BCUT2D eigenvalue weighted by Gasteiger charge is 2.10. The van der Waals surface area contributed by atoms with Gasteiger partial charge in [-0.3, -0.25) is 0 Å². The number of carboxylic acids is 1. The maximum absolute atomic E-state index is 11.0. The first-order valence-electron chi connectivity index (χ1n) is 8.92. The highest BCUT2D eigenvalue weighted by Crippen LogP contribution is 2.29. The van der Waals surface area contributed by atoms with Gasteiger partial charge in [0.05, 0.1) is 12.2 Å². The summed E-state index contributed by atoms with van der Waals surface area (Å²) in [6.07, 6.45) is 11.6. The van der Waals surface area contributed by atoms with Crippen molar-refractivity contribution in [1.29, 1.82) is 0 Å². The summed E-state index contributed by atoms with van der Waals surface area (Å²) in [7, 11) is 0. The lowest BCUT2D eigenvalue weighted by atomic mass is 10.1. The fraction of sp³-hybridized carbons (Fsp3) is 0.550. The topological polar surface area (TPSA) is 55.8 Å². The van der Waals surface area contributed by atoms with Crippen LogP contribution in [0.5, 0.6) is 11.5 Å². The number of hydrogen-bond acceptors (Lipinski definition) is 3. The third-order valence-electron chi connectivity index (χ3n) is 3.80. The van der Waals surface area contributed by atoms with Crippen LogP contribution in [0.25, 0.3) is 0 Å². The van der Waals surface area contributed by atoms with Crippen molar-refractivity contribution < 1.29 is 19.4 Å². The van der Waals surface area contributed by atoms with Crippen molar-refractivity contribution in [2.45, 2.75) is 58.3 Å². The van der Waals surface area contributed by atoms with Crippen molar-refractivity contribution in [1.82, 2.24) is 0 Å². The number of aromatic carboxylic acids is 1. The Balaban J connectivity index is 2.35. The molecular weight excluding hydrogens is 304 g/mol. The van der Waals surface area contributed by atoms with Crippen LogP contribution >= 0.6 is 0 Å². The lowest BCUT2D eigenvalue weighted by molar-refractivity contribution is 0.0696. The Bertz CT molecular complexity index is 496. The molecule has 0 aromatic heterocycles. The summed E-state index contributed by atoms with van der Waals surface area (Å²) in [6, 6.07) is 4.69. The van der Waals surface area contributed by atoms with E-state index in [-0.39, 0.29) is 5.56 Å². The van der Waals surface area contributed by atoms with Gasteiger partial charge in [0.25, 0.3) is 0 Å². The van der Waals surface area contributed by atoms with Gasteiger partial charge in [-0.25, -0.2) is 4.79 Å². The Morgan fingerprint density at radius 3 is 2.33 bits per heavy atom. The molecule has 1 aromatic rings. The van der Waals surface area contributed by atoms with Gasteiger partial charge in [0.1, 0.15) is 6.61 Å². The molecule has 134 valence electrons. The maximum atomic E-state index is 11.0. The van der Waals surface area contributed by atoms with Crippen LogP contribution in [0.15, 0.2) is 30.9 Å². The molecule has 0 atom stereocenters. The van der Waals surface area contributed by atoms with E-state index in [0.717, 1.165) is 12.8 Å². The first kappa shape index (κ1) is 20.1. The van der Waals surface area contributed by atoms with Crippen LogP contribution < -0.4 is 9.47 Å². The van der Waals surface area contributed by atoms with Gasteiger partial charge in [-0.15, -0.1) is 0 Å². The zero-order valence-electron chi connectivity index (χ0n) is 14.8. The molecule has 0 radical (unpaired) electrons. The molecule has 0 saturated carbocycles. The van der Waals surface area contributed by atoms with Gasteiger partial charge in [0.15, 0.2) is 11.5 Å². The number of hydrogen-bond donors (Lipinski definition) is 1. The molecule has 0 fully saturated rings. The molecular formula is C20H30O4. The smallest absolute Gasteiger partial charge is 0.335 e. The predicted octanol–water partition coefficient (Wildman–Crippen LogP) is 5.47. The summed E-state index contributed by atoms with van der Waals surface area (Å²) >= 11 is 0. The van der Waals surface area contributed by atoms with Crippen molar-refractivity contribution in [3.63, 3.8) is 0 Å². The monoisotopic (exact) mass is 334 g/mol. The van der Waals surface area contributed by atoms with E-state index in [4.69, 9.17) is 14.6 Å². The van der Waals surface area contributed by atoms with Gasteiger partial charge in [-0.1, -0.05) is 64.5 Å². The summed E-state index contributed by atoms with van der Waals surface area (Å²) in [5.74, 6) is 0.0623. The number of unbranched alkanes of at least 4 members (excludes halogenated alkanes) is 7. The van der Waals surface area contributed by atoms with E-state index in [1.807, 2.05) is 0 Å². The molecule has 4 nitrogen and oxygen atoms in total. The molecule has 0 heterocycles. The number of carbonyl (C=O) groups is 1. The molecule has 0 bridgehead atoms. The van der Waals surface area contributed by atoms with Gasteiger partial charge in [-0.2, -0.15) is 0 Å². The summed E-state index contributed by atoms with van der Waals surface area (Å²) in [5.41, 5.74) is 0.188. The lowest BCUT2D eigenvalue weighted by Crippen LogP contribution is -2.04. The molecule has 0 unspecified atom stereocenters. The second-order valence-corrected chi connectivity index (χ2v) is 5.89. The van der Waals surface area contributed by atoms with E-state index in [1.54, 1.807) is 12.1 Å².